The molecule has 2 aromatic rings. The summed E-state index contributed by atoms with van der Waals surface area (Å²) < 4.78 is 10.6. The molecule has 20 heavy (non-hydrogen) atoms. The van der Waals surface area contributed by atoms with Gasteiger partial charge in [-0.2, -0.15) is 0 Å². The normalized spacial score (nSPS) is 17.4. The topological polar surface area (TPSA) is 50.7 Å². The standard InChI is InChI=1S/C16H17NO3/c1-19-16-7-6-12(8-15(16)18)17-14-10-20-9-11-4-2-3-5-13(11)14/h2-8,14,17-18H,9-10H2,1H3. The molecule has 0 saturated carbocycles. The van der Waals surface area contributed by atoms with E-state index in [4.69, 9.17) is 9.47 Å². The summed E-state index contributed by atoms with van der Waals surface area (Å²) in [6, 6.07) is 13.6. The van der Waals surface area contributed by atoms with Crippen LogP contribution in [0.3, 0.4) is 0 Å². The minimum Gasteiger partial charge on any atom is -0.504 e. The lowest BCUT2D eigenvalue weighted by molar-refractivity contribution is 0.0970. The second-order valence-electron chi connectivity index (χ2n) is 4.80. The molecule has 1 unspecified atom stereocenters. The van der Waals surface area contributed by atoms with Crippen molar-refractivity contribution in [1.82, 2.24) is 0 Å². The first-order valence-electron chi connectivity index (χ1n) is 6.57. The Morgan fingerprint density at radius 2 is 2.10 bits per heavy atom. The number of nitrogens with one attached hydrogen (secondary N) is 1. The SMILES string of the molecule is COc1ccc(NC2COCc3ccccc32)cc1O. The first-order chi connectivity index (χ1) is 9.78. The van der Waals surface area contributed by atoms with Crippen molar-refractivity contribution in [3.63, 3.8) is 0 Å². The third-order valence-corrected chi connectivity index (χ3v) is 3.49. The Bertz CT molecular complexity index is 612. The maximum absolute atomic E-state index is 9.82. The number of fused-ring (bicyclic) bond motifs is 1. The molecule has 1 heterocycles. The van der Waals surface area contributed by atoms with Crippen LogP contribution in [0.5, 0.6) is 11.5 Å². The average molecular weight is 271 g/mol. The largest absolute Gasteiger partial charge is 0.504 e. The molecule has 1 aliphatic heterocycles. The maximum Gasteiger partial charge on any atom is 0.160 e. The summed E-state index contributed by atoms with van der Waals surface area (Å²) >= 11 is 0. The first-order valence-corrected chi connectivity index (χ1v) is 6.57. The lowest BCUT2D eigenvalue weighted by atomic mass is 9.99. The van der Waals surface area contributed by atoms with Crippen LogP contribution in [0.2, 0.25) is 0 Å². The number of phenols is 1. The van der Waals surface area contributed by atoms with Gasteiger partial charge in [0.25, 0.3) is 0 Å². The van der Waals surface area contributed by atoms with Crippen LogP contribution in [0.4, 0.5) is 5.69 Å². The smallest absolute Gasteiger partial charge is 0.160 e. The van der Waals surface area contributed by atoms with Crippen LogP contribution >= 0.6 is 0 Å². The molecule has 0 spiro atoms. The molecule has 0 radical (unpaired) electrons. The number of methoxy groups -OCH3 is 1. The van der Waals surface area contributed by atoms with Crippen LogP contribution in [-0.2, 0) is 11.3 Å². The Hall–Kier alpha value is -2.20. The zero-order valence-corrected chi connectivity index (χ0v) is 11.3. The van der Waals surface area contributed by atoms with Gasteiger partial charge in [0.05, 0.1) is 26.4 Å². The van der Waals surface area contributed by atoms with Crippen molar-refractivity contribution in [2.24, 2.45) is 0 Å². The highest BCUT2D eigenvalue weighted by atomic mass is 16.5. The molecule has 2 N–H and O–H groups in total. The summed E-state index contributed by atoms with van der Waals surface area (Å²) in [5.74, 6) is 0.596. The number of aromatic hydroxyl groups is 1. The molecule has 0 saturated heterocycles. The number of hydrogen-bond acceptors (Lipinski definition) is 4. The fourth-order valence-electron chi connectivity index (χ4n) is 2.48. The summed E-state index contributed by atoms with van der Waals surface area (Å²) in [5, 5.41) is 13.2. The summed E-state index contributed by atoms with van der Waals surface area (Å²) in [4.78, 5) is 0. The van der Waals surface area contributed by atoms with Gasteiger partial charge >= 0.3 is 0 Å². The van der Waals surface area contributed by atoms with Gasteiger partial charge in [0.15, 0.2) is 11.5 Å². The van der Waals surface area contributed by atoms with E-state index in [0.29, 0.717) is 19.0 Å². The monoisotopic (exact) mass is 271 g/mol. The highest BCUT2D eigenvalue weighted by Crippen LogP contribution is 2.32. The molecular formula is C16H17NO3. The number of benzene rings is 2. The van der Waals surface area contributed by atoms with Crippen molar-refractivity contribution in [3.8, 4) is 11.5 Å². The lowest BCUT2D eigenvalue weighted by Crippen LogP contribution is -2.23. The molecule has 0 fully saturated rings. The summed E-state index contributed by atoms with van der Waals surface area (Å²) in [6.45, 7) is 1.27. The van der Waals surface area contributed by atoms with E-state index in [1.54, 1.807) is 12.1 Å². The van der Waals surface area contributed by atoms with Crippen LogP contribution in [0.1, 0.15) is 17.2 Å². The van der Waals surface area contributed by atoms with Crippen LogP contribution in [-0.4, -0.2) is 18.8 Å². The predicted molar refractivity (Wildman–Crippen MR) is 77.1 cm³/mol. The molecule has 1 aliphatic rings. The van der Waals surface area contributed by atoms with Gasteiger partial charge in [-0.1, -0.05) is 24.3 Å². The van der Waals surface area contributed by atoms with E-state index in [2.05, 4.69) is 17.4 Å². The minimum absolute atomic E-state index is 0.0905. The second kappa shape index (κ2) is 5.43. The molecule has 0 bridgehead atoms. The Kier molecular flexibility index (Phi) is 3.48. The van der Waals surface area contributed by atoms with Crippen molar-refractivity contribution in [2.75, 3.05) is 19.0 Å². The minimum atomic E-state index is 0.0905. The molecule has 104 valence electrons. The molecule has 1 atom stereocenters. The number of hydrogen-bond donors (Lipinski definition) is 2. The highest BCUT2D eigenvalue weighted by Gasteiger charge is 2.20. The number of anilines is 1. The van der Waals surface area contributed by atoms with E-state index in [9.17, 15) is 5.11 Å². The fourth-order valence-corrected chi connectivity index (χ4v) is 2.48. The van der Waals surface area contributed by atoms with E-state index in [-0.39, 0.29) is 11.8 Å². The fraction of sp³-hybridized carbons (Fsp3) is 0.250. The molecule has 4 heteroatoms. The van der Waals surface area contributed by atoms with Crippen LogP contribution < -0.4 is 10.1 Å². The molecular weight excluding hydrogens is 254 g/mol. The summed E-state index contributed by atoms with van der Waals surface area (Å²) in [6.07, 6.45) is 0. The predicted octanol–water partition coefficient (Wildman–Crippen LogP) is 3.08. The van der Waals surface area contributed by atoms with Crippen molar-refractivity contribution < 1.29 is 14.6 Å². The molecule has 3 rings (SSSR count). The summed E-state index contributed by atoms with van der Waals surface area (Å²) in [5.41, 5.74) is 3.29. The maximum atomic E-state index is 9.82. The number of ether oxygens (including phenoxy) is 2. The Balaban J connectivity index is 1.84. The van der Waals surface area contributed by atoms with E-state index in [1.807, 2.05) is 18.2 Å². The zero-order valence-electron chi connectivity index (χ0n) is 11.3. The number of rotatable bonds is 3. The average Bonchev–Trinajstić information content (AvgIpc) is 2.48. The third-order valence-electron chi connectivity index (χ3n) is 3.49. The molecule has 0 amide bonds. The quantitative estimate of drug-likeness (QED) is 0.900. The van der Waals surface area contributed by atoms with Gasteiger partial charge in [-0.15, -0.1) is 0 Å². The van der Waals surface area contributed by atoms with Gasteiger partial charge in [0.2, 0.25) is 0 Å². The molecule has 0 aromatic heterocycles. The van der Waals surface area contributed by atoms with Gasteiger partial charge in [-0.3, -0.25) is 0 Å². The lowest BCUT2D eigenvalue weighted by Gasteiger charge is -2.27. The van der Waals surface area contributed by atoms with Gasteiger partial charge in [-0.25, -0.2) is 0 Å². The Morgan fingerprint density at radius 3 is 2.90 bits per heavy atom. The van der Waals surface area contributed by atoms with E-state index in [1.165, 1.54) is 18.2 Å². The first kappa shape index (κ1) is 12.8. The van der Waals surface area contributed by atoms with Crippen molar-refractivity contribution in [1.29, 1.82) is 0 Å². The van der Waals surface area contributed by atoms with E-state index in [0.717, 1.165) is 5.69 Å². The zero-order chi connectivity index (χ0) is 13.9. The van der Waals surface area contributed by atoms with Crippen LogP contribution in [0.25, 0.3) is 0 Å². The molecule has 4 nitrogen and oxygen atoms in total. The molecule has 0 aliphatic carbocycles. The highest BCUT2D eigenvalue weighted by molar-refractivity contribution is 5.55. The van der Waals surface area contributed by atoms with Gasteiger partial charge in [0, 0.05) is 11.8 Å². The van der Waals surface area contributed by atoms with Crippen molar-refractivity contribution >= 4 is 5.69 Å². The Morgan fingerprint density at radius 1 is 1.25 bits per heavy atom. The molecule has 2 aromatic carbocycles. The van der Waals surface area contributed by atoms with Crippen molar-refractivity contribution in [2.45, 2.75) is 12.6 Å². The van der Waals surface area contributed by atoms with E-state index < -0.39 is 0 Å². The second-order valence-corrected chi connectivity index (χ2v) is 4.80. The van der Waals surface area contributed by atoms with Gasteiger partial charge in [-0.05, 0) is 23.3 Å². The van der Waals surface area contributed by atoms with Crippen LogP contribution in [0.15, 0.2) is 42.5 Å². The van der Waals surface area contributed by atoms with Gasteiger partial charge in [0.1, 0.15) is 0 Å². The number of phenolic OH excluding ortho intramolecular Hbond substituents is 1. The van der Waals surface area contributed by atoms with Gasteiger partial charge < -0.3 is 19.9 Å². The van der Waals surface area contributed by atoms with E-state index >= 15 is 0 Å². The summed E-state index contributed by atoms with van der Waals surface area (Å²) in [7, 11) is 1.54. The Labute approximate surface area is 118 Å². The third kappa shape index (κ3) is 2.42. The van der Waals surface area contributed by atoms with Crippen molar-refractivity contribution in [3.05, 3.63) is 53.6 Å². The van der Waals surface area contributed by atoms with Crippen LogP contribution in [0, 0.1) is 0 Å².